The van der Waals surface area contributed by atoms with Crippen molar-refractivity contribution in [2.24, 2.45) is 29.6 Å². The minimum atomic E-state index is -1.09. The van der Waals surface area contributed by atoms with Crippen molar-refractivity contribution in [3.05, 3.63) is 23.8 Å². The van der Waals surface area contributed by atoms with Gasteiger partial charge in [0.05, 0.1) is 41.8 Å². The summed E-state index contributed by atoms with van der Waals surface area (Å²) in [7, 11) is 0. The van der Waals surface area contributed by atoms with Crippen LogP contribution in [-0.2, 0) is 14.3 Å². The molecule has 0 radical (unpaired) electrons. The number of esters is 1. The van der Waals surface area contributed by atoms with Gasteiger partial charge in [0.1, 0.15) is 6.10 Å². The number of ether oxygens (including phenoxy) is 1. The minimum absolute atomic E-state index is 0.0580. The molecule has 1 aliphatic carbocycles. The summed E-state index contributed by atoms with van der Waals surface area (Å²) < 4.78 is 5.73. The van der Waals surface area contributed by atoms with E-state index in [1.165, 1.54) is 0 Å². The number of aliphatic carboxylic acids is 1. The van der Waals surface area contributed by atoms with Crippen LogP contribution >= 0.6 is 0 Å². The average Bonchev–Trinajstić information content (AvgIpc) is 3.26. The molecule has 8 nitrogen and oxygen atoms in total. The van der Waals surface area contributed by atoms with Crippen molar-refractivity contribution in [3.8, 4) is 6.07 Å². The van der Waals surface area contributed by atoms with Gasteiger partial charge in [0.2, 0.25) is 0 Å². The van der Waals surface area contributed by atoms with E-state index in [-0.39, 0.29) is 48.5 Å². The van der Waals surface area contributed by atoms with Crippen molar-refractivity contribution in [1.29, 1.82) is 5.26 Å². The van der Waals surface area contributed by atoms with Gasteiger partial charge in [0.15, 0.2) is 0 Å². The molecular weight excluding hydrogens is 462 g/mol. The molecule has 0 amide bonds. The second kappa shape index (κ2) is 13.4. The zero-order chi connectivity index (χ0) is 27.0. The van der Waals surface area contributed by atoms with Crippen molar-refractivity contribution in [2.75, 3.05) is 0 Å². The Balaban J connectivity index is 2.34. The number of cyclic esters (lactones) is 1. The molecule has 202 valence electrons. The number of carbonyl (C=O) groups is 2. The summed E-state index contributed by atoms with van der Waals surface area (Å²) in [5.41, 5.74) is -0.870. The molecule has 1 heterocycles. The Labute approximate surface area is 214 Å². The highest BCUT2D eigenvalue weighted by Gasteiger charge is 2.40. The minimum Gasteiger partial charge on any atom is -0.481 e. The Bertz CT molecular complexity index is 858. The maximum absolute atomic E-state index is 12.8. The topological polar surface area (TPSA) is 148 Å². The van der Waals surface area contributed by atoms with Crippen LogP contribution in [0.1, 0.15) is 79.1 Å². The molecule has 9 atom stereocenters. The first-order valence-corrected chi connectivity index (χ1v) is 13.1. The molecule has 0 aromatic heterocycles. The van der Waals surface area contributed by atoms with Gasteiger partial charge in [0.25, 0.3) is 0 Å². The maximum atomic E-state index is 12.8. The second-order valence-corrected chi connectivity index (χ2v) is 11.4. The van der Waals surface area contributed by atoms with Gasteiger partial charge >= 0.3 is 11.9 Å². The molecule has 2 rings (SSSR count). The van der Waals surface area contributed by atoms with Crippen LogP contribution in [-0.4, -0.2) is 56.3 Å². The SMILES string of the molecule is C[C@@H]1C[C@H](C)[C@H](O)/C(C#N)=C\C=C\C[C@H](C2CCC[C@@H]2C(=O)O)OC(=O)C[C@@H](O)[C@H](C)C[C@@](C)(O)C1. The molecule has 0 saturated heterocycles. The van der Waals surface area contributed by atoms with Gasteiger partial charge in [-0.1, -0.05) is 39.3 Å². The molecule has 0 aromatic carbocycles. The van der Waals surface area contributed by atoms with E-state index in [1.54, 1.807) is 32.1 Å². The number of aliphatic hydroxyl groups is 3. The fraction of sp³-hybridized carbons (Fsp3) is 0.750. The third-order valence-electron chi connectivity index (χ3n) is 7.77. The molecule has 1 unspecified atom stereocenters. The molecule has 1 fully saturated rings. The number of hydrogen-bond donors (Lipinski definition) is 4. The molecule has 0 aromatic rings. The van der Waals surface area contributed by atoms with Crippen LogP contribution in [0.4, 0.5) is 0 Å². The lowest BCUT2D eigenvalue weighted by Gasteiger charge is -2.33. The molecular formula is C28H43NO7. The van der Waals surface area contributed by atoms with Crippen LogP contribution in [0.5, 0.6) is 0 Å². The highest BCUT2D eigenvalue weighted by molar-refractivity contribution is 5.72. The first kappa shape index (κ1) is 30.0. The van der Waals surface area contributed by atoms with Gasteiger partial charge in [0, 0.05) is 12.3 Å². The molecule has 36 heavy (non-hydrogen) atoms. The lowest BCUT2D eigenvalue weighted by atomic mass is 9.79. The lowest BCUT2D eigenvalue weighted by molar-refractivity contribution is -0.159. The van der Waals surface area contributed by atoms with E-state index in [9.17, 15) is 35.3 Å². The fourth-order valence-corrected chi connectivity index (χ4v) is 6.04. The second-order valence-electron chi connectivity index (χ2n) is 11.4. The van der Waals surface area contributed by atoms with E-state index < -0.39 is 41.8 Å². The summed E-state index contributed by atoms with van der Waals surface area (Å²) in [6.45, 7) is 7.34. The van der Waals surface area contributed by atoms with Crippen molar-refractivity contribution < 1.29 is 34.8 Å². The molecule has 1 saturated carbocycles. The third kappa shape index (κ3) is 8.72. The average molecular weight is 506 g/mol. The van der Waals surface area contributed by atoms with Gasteiger partial charge in [-0.25, -0.2) is 0 Å². The first-order chi connectivity index (χ1) is 16.8. The van der Waals surface area contributed by atoms with Gasteiger partial charge < -0.3 is 25.2 Å². The van der Waals surface area contributed by atoms with Crippen molar-refractivity contribution in [3.63, 3.8) is 0 Å². The largest absolute Gasteiger partial charge is 0.481 e. The Morgan fingerprint density at radius 3 is 2.50 bits per heavy atom. The molecule has 8 heteroatoms. The molecule has 1 aliphatic heterocycles. The highest BCUT2D eigenvalue weighted by Crippen LogP contribution is 2.37. The number of nitriles is 1. The zero-order valence-corrected chi connectivity index (χ0v) is 22.0. The Morgan fingerprint density at radius 1 is 1.17 bits per heavy atom. The Kier molecular flexibility index (Phi) is 11.1. The standard InChI is InChI=1S/C28H43NO7/c1-17-12-18(2)26(32)20(16-29)8-5-6-11-24(21-9-7-10-22(21)27(33)34)36-25(31)13-23(30)19(3)15-28(4,35)14-17/h5-6,8,17-19,21-24,26,30,32,35H,7,9-15H2,1-4H3,(H,33,34)/b6-5+,20-8-/t17-,18+,19-,21?,22+,23-,24-,26+,28+/m1/s1. The monoisotopic (exact) mass is 505 g/mol. The summed E-state index contributed by atoms with van der Waals surface area (Å²) in [6, 6.07) is 2.06. The van der Waals surface area contributed by atoms with Gasteiger partial charge in [-0.2, -0.15) is 5.26 Å². The number of nitrogens with zero attached hydrogens (tertiary/aromatic N) is 1. The number of carboxylic acid groups (broad SMARTS) is 1. The van der Waals surface area contributed by atoms with E-state index >= 15 is 0 Å². The maximum Gasteiger partial charge on any atom is 0.308 e. The summed E-state index contributed by atoms with van der Waals surface area (Å²) in [5, 5.41) is 51.6. The van der Waals surface area contributed by atoms with E-state index in [2.05, 4.69) is 6.07 Å². The van der Waals surface area contributed by atoms with Gasteiger partial charge in [-0.3, -0.25) is 9.59 Å². The Hall–Kier alpha value is -2.21. The van der Waals surface area contributed by atoms with Crippen LogP contribution in [0, 0.1) is 40.9 Å². The molecule has 2 aliphatic rings. The van der Waals surface area contributed by atoms with Crippen molar-refractivity contribution in [1.82, 2.24) is 0 Å². The van der Waals surface area contributed by atoms with Crippen LogP contribution in [0.3, 0.4) is 0 Å². The van der Waals surface area contributed by atoms with Crippen LogP contribution in [0.25, 0.3) is 0 Å². The van der Waals surface area contributed by atoms with Crippen molar-refractivity contribution >= 4 is 11.9 Å². The number of aliphatic hydroxyl groups excluding tert-OH is 2. The smallest absolute Gasteiger partial charge is 0.308 e. The van der Waals surface area contributed by atoms with Crippen LogP contribution < -0.4 is 0 Å². The molecule has 0 spiro atoms. The third-order valence-corrected chi connectivity index (χ3v) is 7.77. The van der Waals surface area contributed by atoms with E-state index in [0.717, 1.165) is 6.42 Å². The normalized spacial score (nSPS) is 42.2. The van der Waals surface area contributed by atoms with Crippen LogP contribution in [0.15, 0.2) is 23.8 Å². The van der Waals surface area contributed by atoms with E-state index in [0.29, 0.717) is 25.7 Å². The van der Waals surface area contributed by atoms with Crippen molar-refractivity contribution in [2.45, 2.75) is 103 Å². The van der Waals surface area contributed by atoms with E-state index in [4.69, 9.17) is 4.74 Å². The quantitative estimate of drug-likeness (QED) is 0.415. The molecule has 0 bridgehead atoms. The lowest BCUT2D eigenvalue weighted by Crippen LogP contribution is -2.36. The van der Waals surface area contributed by atoms with Gasteiger partial charge in [-0.05, 0) is 62.9 Å². The van der Waals surface area contributed by atoms with E-state index in [1.807, 2.05) is 13.8 Å². The number of rotatable bonds is 2. The number of carboxylic acids is 1. The van der Waals surface area contributed by atoms with Crippen LogP contribution in [0.2, 0.25) is 0 Å². The summed E-state index contributed by atoms with van der Waals surface area (Å²) in [4.78, 5) is 24.5. The zero-order valence-electron chi connectivity index (χ0n) is 22.0. The highest BCUT2D eigenvalue weighted by atomic mass is 16.5. The predicted molar refractivity (Wildman–Crippen MR) is 134 cm³/mol. The van der Waals surface area contributed by atoms with Gasteiger partial charge in [-0.15, -0.1) is 0 Å². The predicted octanol–water partition coefficient (Wildman–Crippen LogP) is 3.75. The summed E-state index contributed by atoms with van der Waals surface area (Å²) >= 11 is 0. The number of carbonyl (C=O) groups excluding carboxylic acids is 1. The fourth-order valence-electron chi connectivity index (χ4n) is 6.04. The first-order valence-electron chi connectivity index (χ1n) is 13.1. The number of allylic oxidation sites excluding steroid dienone is 2. The summed E-state index contributed by atoms with van der Waals surface area (Å²) in [5.74, 6) is -2.98. The number of hydrogen-bond acceptors (Lipinski definition) is 7. The molecule has 4 N–H and O–H groups in total. The summed E-state index contributed by atoms with van der Waals surface area (Å²) in [6.07, 6.45) is 5.48. The Morgan fingerprint density at radius 2 is 1.86 bits per heavy atom.